The topological polar surface area (TPSA) is 0 Å². The average molecular weight is 363 g/mol. The number of aryl methyl sites for hydroxylation is 2. The summed E-state index contributed by atoms with van der Waals surface area (Å²) in [5.74, 6) is 0. The molecule has 0 saturated carbocycles. The first-order valence-electron chi connectivity index (χ1n) is 10.5. The highest BCUT2D eigenvalue weighted by Gasteiger charge is 2.21. The fraction of sp³-hybridized carbons (Fsp3) is 0.214. The van der Waals surface area contributed by atoms with E-state index in [1.807, 2.05) is 0 Å². The predicted octanol–water partition coefficient (Wildman–Crippen LogP) is 7.13. The minimum absolute atomic E-state index is 1.00. The van der Waals surface area contributed by atoms with Gasteiger partial charge in [-0.3, -0.25) is 0 Å². The van der Waals surface area contributed by atoms with Gasteiger partial charge in [0.05, 0.1) is 0 Å². The van der Waals surface area contributed by atoms with E-state index < -0.39 is 0 Å². The Hall–Kier alpha value is -2.86. The van der Waals surface area contributed by atoms with Crippen LogP contribution in [-0.2, 0) is 25.7 Å². The normalized spacial score (nSPS) is 12.2. The smallest absolute Gasteiger partial charge is 0.000718 e. The van der Waals surface area contributed by atoms with Gasteiger partial charge in [-0.2, -0.15) is 0 Å². The molecule has 0 heteroatoms. The SMILES string of the molecule is CCc1cc(CC)cc(Cc2cccc3ccc4c(c23)Cc2ccccc2-4)c1. The monoisotopic (exact) mass is 362 g/mol. The third-order valence-electron chi connectivity index (χ3n) is 6.24. The molecule has 1 aliphatic rings. The summed E-state index contributed by atoms with van der Waals surface area (Å²) in [6, 6.07) is 27.5. The molecule has 138 valence electrons. The van der Waals surface area contributed by atoms with Crippen LogP contribution in [0.4, 0.5) is 0 Å². The average Bonchev–Trinajstić information content (AvgIpc) is 3.12. The second-order valence-corrected chi connectivity index (χ2v) is 7.98. The minimum Gasteiger partial charge on any atom is -0.0619 e. The van der Waals surface area contributed by atoms with Gasteiger partial charge in [-0.05, 0) is 81.0 Å². The first kappa shape index (κ1) is 17.3. The molecular formula is C28H26. The molecule has 0 fully saturated rings. The Balaban J connectivity index is 1.66. The lowest BCUT2D eigenvalue weighted by Gasteiger charge is -2.13. The van der Waals surface area contributed by atoms with E-state index in [2.05, 4.69) is 86.6 Å². The van der Waals surface area contributed by atoms with E-state index in [0.717, 1.165) is 25.7 Å². The maximum Gasteiger partial charge on any atom is -0.000718 e. The van der Waals surface area contributed by atoms with Crippen LogP contribution >= 0.6 is 0 Å². The van der Waals surface area contributed by atoms with Crippen molar-refractivity contribution in [1.29, 1.82) is 0 Å². The summed E-state index contributed by atoms with van der Waals surface area (Å²) in [6.45, 7) is 4.50. The van der Waals surface area contributed by atoms with E-state index in [1.54, 1.807) is 0 Å². The van der Waals surface area contributed by atoms with Crippen LogP contribution in [0, 0.1) is 0 Å². The van der Waals surface area contributed by atoms with E-state index in [4.69, 9.17) is 0 Å². The fourth-order valence-electron chi connectivity index (χ4n) is 4.82. The van der Waals surface area contributed by atoms with Crippen LogP contribution in [0.15, 0.2) is 72.8 Å². The molecule has 0 radical (unpaired) electrons. The second-order valence-electron chi connectivity index (χ2n) is 7.98. The lowest BCUT2D eigenvalue weighted by Crippen LogP contribution is -1.96. The fourth-order valence-corrected chi connectivity index (χ4v) is 4.82. The van der Waals surface area contributed by atoms with Crippen LogP contribution in [0.25, 0.3) is 21.9 Å². The third kappa shape index (κ3) is 2.85. The van der Waals surface area contributed by atoms with E-state index in [9.17, 15) is 0 Å². The molecule has 0 saturated heterocycles. The van der Waals surface area contributed by atoms with Crippen molar-refractivity contribution >= 4 is 10.8 Å². The number of benzene rings is 4. The van der Waals surface area contributed by atoms with E-state index in [1.165, 1.54) is 55.3 Å². The summed E-state index contributed by atoms with van der Waals surface area (Å²) in [7, 11) is 0. The van der Waals surface area contributed by atoms with E-state index >= 15 is 0 Å². The van der Waals surface area contributed by atoms with Gasteiger partial charge >= 0.3 is 0 Å². The van der Waals surface area contributed by atoms with Gasteiger partial charge in [-0.1, -0.05) is 86.6 Å². The summed E-state index contributed by atoms with van der Waals surface area (Å²) < 4.78 is 0. The van der Waals surface area contributed by atoms with Crippen molar-refractivity contribution in [1.82, 2.24) is 0 Å². The van der Waals surface area contributed by atoms with E-state index in [0.29, 0.717) is 0 Å². The summed E-state index contributed by atoms with van der Waals surface area (Å²) in [5, 5.41) is 2.84. The summed E-state index contributed by atoms with van der Waals surface area (Å²) in [4.78, 5) is 0. The number of hydrogen-bond acceptors (Lipinski definition) is 0. The molecule has 5 rings (SSSR count). The summed E-state index contributed by atoms with van der Waals surface area (Å²) in [6.07, 6.45) is 4.25. The molecule has 0 N–H and O–H groups in total. The Morgan fingerprint density at radius 2 is 1.43 bits per heavy atom. The molecule has 0 spiro atoms. The van der Waals surface area contributed by atoms with Crippen molar-refractivity contribution in [2.24, 2.45) is 0 Å². The van der Waals surface area contributed by atoms with Gasteiger partial charge in [0.25, 0.3) is 0 Å². The highest BCUT2D eigenvalue weighted by Crippen LogP contribution is 2.41. The molecule has 28 heavy (non-hydrogen) atoms. The van der Waals surface area contributed by atoms with Crippen LogP contribution < -0.4 is 0 Å². The molecular weight excluding hydrogens is 336 g/mol. The van der Waals surface area contributed by atoms with Crippen LogP contribution in [0.3, 0.4) is 0 Å². The molecule has 0 nitrogen and oxygen atoms in total. The molecule has 0 amide bonds. The number of fused-ring (bicyclic) bond motifs is 5. The zero-order valence-electron chi connectivity index (χ0n) is 16.8. The maximum atomic E-state index is 2.40. The Labute approximate surface area is 167 Å². The third-order valence-corrected chi connectivity index (χ3v) is 6.24. The molecule has 0 heterocycles. The first-order chi connectivity index (χ1) is 13.8. The quantitative estimate of drug-likeness (QED) is 0.319. The molecule has 4 aromatic rings. The minimum atomic E-state index is 1.00. The van der Waals surface area contributed by atoms with Gasteiger partial charge in [-0.25, -0.2) is 0 Å². The Bertz CT molecular complexity index is 1160. The van der Waals surface area contributed by atoms with Gasteiger partial charge < -0.3 is 0 Å². The van der Waals surface area contributed by atoms with Crippen LogP contribution in [0.1, 0.15) is 47.2 Å². The Kier molecular flexibility index (Phi) is 4.28. The molecule has 0 atom stereocenters. The summed E-state index contributed by atoms with van der Waals surface area (Å²) >= 11 is 0. The zero-order chi connectivity index (χ0) is 19.1. The molecule has 0 bridgehead atoms. The summed E-state index contributed by atoms with van der Waals surface area (Å²) in [5.41, 5.74) is 11.6. The van der Waals surface area contributed by atoms with Crippen molar-refractivity contribution in [2.45, 2.75) is 39.5 Å². The Morgan fingerprint density at radius 1 is 0.679 bits per heavy atom. The first-order valence-corrected chi connectivity index (χ1v) is 10.5. The molecule has 1 aliphatic carbocycles. The highest BCUT2D eigenvalue weighted by molar-refractivity contribution is 5.97. The highest BCUT2D eigenvalue weighted by atomic mass is 14.2. The molecule has 0 unspecified atom stereocenters. The van der Waals surface area contributed by atoms with Crippen molar-refractivity contribution < 1.29 is 0 Å². The van der Waals surface area contributed by atoms with Gasteiger partial charge in [-0.15, -0.1) is 0 Å². The standard InChI is InChI=1S/C28H26/c1-3-19-14-20(4-2)16-21(15-19)17-24-10-7-9-22-12-13-26-25-11-6-5-8-23(25)18-27(26)28(22)24/h5-16H,3-4,17-18H2,1-2H3. The largest absolute Gasteiger partial charge is 0.0619 e. The van der Waals surface area contributed by atoms with Crippen LogP contribution in [0.2, 0.25) is 0 Å². The lowest BCUT2D eigenvalue weighted by molar-refractivity contribution is 1.06. The predicted molar refractivity (Wildman–Crippen MR) is 120 cm³/mol. The van der Waals surface area contributed by atoms with Gasteiger partial charge in [0.1, 0.15) is 0 Å². The van der Waals surface area contributed by atoms with Gasteiger partial charge in [0.2, 0.25) is 0 Å². The molecule has 0 aliphatic heterocycles. The van der Waals surface area contributed by atoms with Crippen molar-refractivity contribution in [2.75, 3.05) is 0 Å². The van der Waals surface area contributed by atoms with Gasteiger partial charge in [0.15, 0.2) is 0 Å². The van der Waals surface area contributed by atoms with Crippen molar-refractivity contribution in [3.05, 3.63) is 106 Å². The number of rotatable bonds is 4. The lowest BCUT2D eigenvalue weighted by atomic mass is 9.91. The molecule has 0 aromatic heterocycles. The number of hydrogen-bond donors (Lipinski definition) is 0. The maximum absolute atomic E-state index is 2.40. The van der Waals surface area contributed by atoms with Crippen LogP contribution in [0.5, 0.6) is 0 Å². The molecule has 4 aromatic carbocycles. The van der Waals surface area contributed by atoms with Gasteiger partial charge in [0, 0.05) is 0 Å². The van der Waals surface area contributed by atoms with Crippen LogP contribution in [-0.4, -0.2) is 0 Å². The second kappa shape index (κ2) is 6.95. The zero-order valence-corrected chi connectivity index (χ0v) is 16.8. The van der Waals surface area contributed by atoms with E-state index in [-0.39, 0.29) is 0 Å². The van der Waals surface area contributed by atoms with Crippen molar-refractivity contribution in [3.8, 4) is 11.1 Å². The Morgan fingerprint density at radius 3 is 2.21 bits per heavy atom. The van der Waals surface area contributed by atoms with Crippen molar-refractivity contribution in [3.63, 3.8) is 0 Å².